The SMILES string of the molecule is CCC1CCC(C)N1C(=O)c1ccccc1NN. The van der Waals surface area contributed by atoms with Gasteiger partial charge in [0.05, 0.1) is 11.3 Å². The van der Waals surface area contributed by atoms with Gasteiger partial charge in [-0.15, -0.1) is 0 Å². The predicted molar refractivity (Wildman–Crippen MR) is 73.2 cm³/mol. The second-order valence-electron chi connectivity index (χ2n) is 4.89. The molecule has 1 aliphatic rings. The lowest BCUT2D eigenvalue weighted by Crippen LogP contribution is -2.40. The number of nitrogens with one attached hydrogen (secondary N) is 1. The predicted octanol–water partition coefficient (Wildman–Crippen LogP) is 2.38. The fourth-order valence-electron chi connectivity index (χ4n) is 2.77. The number of hydrazine groups is 1. The largest absolute Gasteiger partial charge is 0.333 e. The van der Waals surface area contributed by atoms with E-state index in [0.717, 1.165) is 19.3 Å². The summed E-state index contributed by atoms with van der Waals surface area (Å²) in [5.74, 6) is 5.55. The van der Waals surface area contributed by atoms with E-state index in [4.69, 9.17) is 5.84 Å². The molecule has 2 unspecified atom stereocenters. The van der Waals surface area contributed by atoms with Gasteiger partial charge >= 0.3 is 0 Å². The third kappa shape index (κ3) is 2.20. The summed E-state index contributed by atoms with van der Waals surface area (Å²) in [5.41, 5.74) is 3.95. The molecule has 4 nitrogen and oxygen atoms in total. The quantitative estimate of drug-likeness (QED) is 0.637. The monoisotopic (exact) mass is 247 g/mol. The van der Waals surface area contributed by atoms with Crippen LogP contribution in [0.15, 0.2) is 24.3 Å². The molecule has 4 heteroatoms. The number of carbonyl (C=O) groups excluding carboxylic acids is 1. The van der Waals surface area contributed by atoms with Crippen molar-refractivity contribution in [3.05, 3.63) is 29.8 Å². The first-order valence-electron chi connectivity index (χ1n) is 6.57. The van der Waals surface area contributed by atoms with Gasteiger partial charge in [0.2, 0.25) is 0 Å². The number of nitrogens with zero attached hydrogens (tertiary/aromatic N) is 1. The van der Waals surface area contributed by atoms with Crippen LogP contribution in [0.2, 0.25) is 0 Å². The molecule has 98 valence electrons. The van der Waals surface area contributed by atoms with Crippen molar-refractivity contribution in [2.75, 3.05) is 5.43 Å². The van der Waals surface area contributed by atoms with Crippen LogP contribution in [-0.4, -0.2) is 22.9 Å². The Bertz CT molecular complexity index is 433. The van der Waals surface area contributed by atoms with E-state index in [0.29, 0.717) is 23.3 Å². The van der Waals surface area contributed by atoms with Gasteiger partial charge in [0, 0.05) is 12.1 Å². The number of nitrogen functional groups attached to an aromatic ring is 1. The van der Waals surface area contributed by atoms with Gasteiger partial charge in [-0.3, -0.25) is 10.6 Å². The van der Waals surface area contributed by atoms with Crippen LogP contribution in [0.5, 0.6) is 0 Å². The van der Waals surface area contributed by atoms with Gasteiger partial charge in [-0.05, 0) is 38.3 Å². The molecule has 1 heterocycles. The van der Waals surface area contributed by atoms with Crippen LogP contribution in [0.1, 0.15) is 43.5 Å². The molecule has 1 amide bonds. The van der Waals surface area contributed by atoms with Crippen molar-refractivity contribution in [2.45, 2.75) is 45.2 Å². The second-order valence-corrected chi connectivity index (χ2v) is 4.89. The third-order valence-corrected chi connectivity index (χ3v) is 3.80. The molecule has 18 heavy (non-hydrogen) atoms. The van der Waals surface area contributed by atoms with Gasteiger partial charge in [-0.2, -0.15) is 0 Å². The average Bonchev–Trinajstić information content (AvgIpc) is 2.79. The Morgan fingerprint density at radius 1 is 1.44 bits per heavy atom. The van der Waals surface area contributed by atoms with Crippen molar-refractivity contribution in [1.29, 1.82) is 0 Å². The Morgan fingerprint density at radius 2 is 2.17 bits per heavy atom. The van der Waals surface area contributed by atoms with E-state index in [9.17, 15) is 4.79 Å². The molecule has 0 bridgehead atoms. The summed E-state index contributed by atoms with van der Waals surface area (Å²) in [6, 6.07) is 8.07. The summed E-state index contributed by atoms with van der Waals surface area (Å²) in [6.45, 7) is 4.25. The lowest BCUT2D eigenvalue weighted by molar-refractivity contribution is 0.0677. The summed E-state index contributed by atoms with van der Waals surface area (Å²) in [7, 11) is 0. The highest BCUT2D eigenvalue weighted by Crippen LogP contribution is 2.29. The highest BCUT2D eigenvalue weighted by atomic mass is 16.2. The third-order valence-electron chi connectivity index (χ3n) is 3.80. The number of nitrogens with two attached hydrogens (primary N) is 1. The Balaban J connectivity index is 2.30. The highest BCUT2D eigenvalue weighted by Gasteiger charge is 2.34. The van der Waals surface area contributed by atoms with Gasteiger partial charge < -0.3 is 10.3 Å². The minimum Gasteiger partial charge on any atom is -0.333 e. The lowest BCUT2D eigenvalue weighted by atomic mass is 10.1. The second kappa shape index (κ2) is 5.40. The number of para-hydroxylation sites is 1. The van der Waals surface area contributed by atoms with Crippen molar-refractivity contribution in [3.8, 4) is 0 Å². The average molecular weight is 247 g/mol. The smallest absolute Gasteiger partial charge is 0.256 e. The van der Waals surface area contributed by atoms with Crippen molar-refractivity contribution in [1.82, 2.24) is 4.90 Å². The van der Waals surface area contributed by atoms with Crippen LogP contribution in [0, 0.1) is 0 Å². The fourth-order valence-corrected chi connectivity index (χ4v) is 2.77. The zero-order valence-corrected chi connectivity index (χ0v) is 11.0. The van der Waals surface area contributed by atoms with Gasteiger partial charge in [0.25, 0.3) is 5.91 Å². The summed E-state index contributed by atoms with van der Waals surface area (Å²) < 4.78 is 0. The lowest BCUT2D eigenvalue weighted by Gasteiger charge is -2.28. The number of benzene rings is 1. The molecule has 1 saturated heterocycles. The van der Waals surface area contributed by atoms with Crippen LogP contribution < -0.4 is 11.3 Å². The Morgan fingerprint density at radius 3 is 2.83 bits per heavy atom. The molecule has 3 N–H and O–H groups in total. The fraction of sp³-hybridized carbons (Fsp3) is 0.500. The summed E-state index contributed by atoms with van der Waals surface area (Å²) in [4.78, 5) is 14.6. The number of hydrogen-bond acceptors (Lipinski definition) is 3. The van der Waals surface area contributed by atoms with E-state index in [1.807, 2.05) is 29.2 Å². The molecule has 0 aliphatic carbocycles. The number of hydrogen-bond donors (Lipinski definition) is 2. The van der Waals surface area contributed by atoms with E-state index in [-0.39, 0.29) is 5.91 Å². The first-order chi connectivity index (χ1) is 8.69. The van der Waals surface area contributed by atoms with Crippen molar-refractivity contribution >= 4 is 11.6 Å². The van der Waals surface area contributed by atoms with E-state index in [1.54, 1.807) is 0 Å². The standard InChI is InChI=1S/C14H21N3O/c1-3-11-9-8-10(2)17(11)14(18)12-6-4-5-7-13(12)16-15/h4-7,10-11,16H,3,8-9,15H2,1-2H3. The van der Waals surface area contributed by atoms with Crippen LogP contribution in [0.4, 0.5) is 5.69 Å². The summed E-state index contributed by atoms with van der Waals surface area (Å²) >= 11 is 0. The number of rotatable bonds is 3. The van der Waals surface area contributed by atoms with Crippen LogP contribution in [0.3, 0.4) is 0 Å². The maximum Gasteiger partial charge on any atom is 0.256 e. The van der Waals surface area contributed by atoms with Crippen LogP contribution in [-0.2, 0) is 0 Å². The van der Waals surface area contributed by atoms with Gasteiger partial charge in [-0.25, -0.2) is 0 Å². The van der Waals surface area contributed by atoms with Crippen molar-refractivity contribution < 1.29 is 4.79 Å². The highest BCUT2D eigenvalue weighted by molar-refractivity contribution is 6.00. The van der Waals surface area contributed by atoms with E-state index < -0.39 is 0 Å². The summed E-state index contributed by atoms with van der Waals surface area (Å²) in [6.07, 6.45) is 3.19. The van der Waals surface area contributed by atoms with Crippen molar-refractivity contribution in [2.24, 2.45) is 5.84 Å². The first kappa shape index (κ1) is 12.9. The maximum atomic E-state index is 12.6. The zero-order chi connectivity index (χ0) is 13.1. The minimum absolute atomic E-state index is 0.0837. The van der Waals surface area contributed by atoms with E-state index in [1.165, 1.54) is 0 Å². The van der Waals surface area contributed by atoms with Crippen LogP contribution >= 0.6 is 0 Å². The van der Waals surface area contributed by atoms with Gasteiger partial charge in [-0.1, -0.05) is 19.1 Å². The zero-order valence-electron chi connectivity index (χ0n) is 11.0. The Hall–Kier alpha value is -1.55. The molecule has 0 spiro atoms. The molecule has 1 aliphatic heterocycles. The Kier molecular flexibility index (Phi) is 3.87. The number of likely N-dealkylation sites (tertiary alicyclic amines) is 1. The molecule has 1 aromatic rings. The molecule has 2 rings (SSSR count). The molecule has 0 radical (unpaired) electrons. The molecule has 1 aromatic carbocycles. The molecular weight excluding hydrogens is 226 g/mol. The van der Waals surface area contributed by atoms with E-state index in [2.05, 4.69) is 19.3 Å². The Labute approximate surface area is 108 Å². The van der Waals surface area contributed by atoms with Crippen molar-refractivity contribution in [3.63, 3.8) is 0 Å². The molecule has 2 atom stereocenters. The molecular formula is C14H21N3O. The first-order valence-corrected chi connectivity index (χ1v) is 6.57. The van der Waals surface area contributed by atoms with Crippen LogP contribution in [0.25, 0.3) is 0 Å². The van der Waals surface area contributed by atoms with Gasteiger partial charge in [0.1, 0.15) is 0 Å². The minimum atomic E-state index is 0.0837. The number of carbonyl (C=O) groups is 1. The molecule has 1 fully saturated rings. The molecule has 0 saturated carbocycles. The normalized spacial score (nSPS) is 23.2. The topological polar surface area (TPSA) is 58.4 Å². The van der Waals surface area contributed by atoms with E-state index >= 15 is 0 Å². The summed E-state index contributed by atoms with van der Waals surface area (Å²) in [5, 5.41) is 0. The van der Waals surface area contributed by atoms with Gasteiger partial charge in [0.15, 0.2) is 0 Å². The number of amides is 1. The maximum absolute atomic E-state index is 12.6. The number of anilines is 1. The molecule has 0 aromatic heterocycles.